The number of aromatic nitrogens is 4. The minimum absolute atomic E-state index is 0.0844. The van der Waals surface area contributed by atoms with Gasteiger partial charge in [-0.2, -0.15) is 4.68 Å². The minimum Gasteiger partial charge on any atom is -0.478 e. The molecule has 96 valence electrons. The molecule has 0 saturated carbocycles. The number of hydrogen-bond acceptors (Lipinski definition) is 5. The summed E-state index contributed by atoms with van der Waals surface area (Å²) < 4.78 is 1.24. The normalized spacial score (nSPS) is 10.7. The molecule has 2 rings (SSSR count). The summed E-state index contributed by atoms with van der Waals surface area (Å²) in [6.45, 7) is 0. The maximum atomic E-state index is 10.9. The fourth-order valence-corrected chi connectivity index (χ4v) is 1.40. The molecule has 1 heterocycles. The van der Waals surface area contributed by atoms with Gasteiger partial charge in [0.2, 0.25) is 0 Å². The van der Waals surface area contributed by atoms with Crippen molar-refractivity contribution >= 4 is 18.0 Å². The molecule has 0 aliphatic heterocycles. The van der Waals surface area contributed by atoms with Gasteiger partial charge in [0, 0.05) is 6.08 Å². The van der Waals surface area contributed by atoms with Gasteiger partial charge in [-0.25, -0.2) is 9.59 Å². The third-order valence-electron chi connectivity index (χ3n) is 2.21. The van der Waals surface area contributed by atoms with E-state index in [1.165, 1.54) is 22.9 Å². The first kappa shape index (κ1) is 12.4. The quantitative estimate of drug-likeness (QED) is 0.766. The van der Waals surface area contributed by atoms with Gasteiger partial charge >= 0.3 is 11.9 Å². The van der Waals surface area contributed by atoms with Gasteiger partial charge in [0.25, 0.3) is 0 Å². The highest BCUT2D eigenvalue weighted by molar-refractivity contribution is 5.88. The van der Waals surface area contributed by atoms with E-state index in [1.807, 2.05) is 0 Å². The van der Waals surface area contributed by atoms with E-state index in [-0.39, 0.29) is 11.4 Å². The Bertz CT molecular complexity index is 662. The van der Waals surface area contributed by atoms with Crippen molar-refractivity contribution in [3.63, 3.8) is 0 Å². The van der Waals surface area contributed by atoms with Crippen LogP contribution in [-0.4, -0.2) is 42.4 Å². The first-order valence-electron chi connectivity index (χ1n) is 5.11. The molecule has 0 atom stereocenters. The fourth-order valence-electron chi connectivity index (χ4n) is 1.40. The van der Waals surface area contributed by atoms with Crippen molar-refractivity contribution in [1.82, 2.24) is 20.2 Å². The highest BCUT2D eigenvalue weighted by atomic mass is 16.4. The zero-order chi connectivity index (χ0) is 13.8. The van der Waals surface area contributed by atoms with Crippen molar-refractivity contribution in [2.24, 2.45) is 0 Å². The average Bonchev–Trinajstić information content (AvgIpc) is 2.84. The van der Waals surface area contributed by atoms with Gasteiger partial charge in [-0.3, -0.25) is 0 Å². The summed E-state index contributed by atoms with van der Waals surface area (Å²) in [5.74, 6) is -2.02. The molecule has 0 radical (unpaired) electrons. The minimum atomic E-state index is -1.13. The number of rotatable bonds is 4. The highest BCUT2D eigenvalue weighted by Crippen LogP contribution is 2.11. The Morgan fingerprint density at radius 1 is 1.26 bits per heavy atom. The molecule has 1 aromatic carbocycles. The number of aliphatic carboxylic acids is 1. The third-order valence-corrected chi connectivity index (χ3v) is 2.21. The van der Waals surface area contributed by atoms with Crippen molar-refractivity contribution in [2.45, 2.75) is 0 Å². The van der Waals surface area contributed by atoms with Crippen LogP contribution < -0.4 is 0 Å². The van der Waals surface area contributed by atoms with Gasteiger partial charge < -0.3 is 10.2 Å². The summed E-state index contributed by atoms with van der Waals surface area (Å²) in [6.07, 6.45) is 2.11. The molecule has 8 nitrogen and oxygen atoms in total. The monoisotopic (exact) mass is 260 g/mol. The van der Waals surface area contributed by atoms with Crippen LogP contribution in [0.4, 0.5) is 0 Å². The lowest BCUT2D eigenvalue weighted by Gasteiger charge is -2.02. The van der Waals surface area contributed by atoms with E-state index in [0.717, 1.165) is 6.08 Å². The van der Waals surface area contributed by atoms with E-state index in [0.29, 0.717) is 5.69 Å². The standard InChI is InChI=1S/C11H8N4O4/c16-10(17)5-4-9-12-13-14-15(9)8-3-1-2-7(6-8)11(18)19/h1-6H,(H,16,17)(H,18,19)/b5-4+. The van der Waals surface area contributed by atoms with Crippen molar-refractivity contribution in [2.75, 3.05) is 0 Å². The van der Waals surface area contributed by atoms with Crippen LogP contribution in [0.3, 0.4) is 0 Å². The van der Waals surface area contributed by atoms with E-state index in [4.69, 9.17) is 10.2 Å². The molecule has 0 aliphatic rings. The van der Waals surface area contributed by atoms with Crippen LogP contribution in [0.1, 0.15) is 16.2 Å². The zero-order valence-electron chi connectivity index (χ0n) is 9.46. The second-order valence-electron chi connectivity index (χ2n) is 3.48. The summed E-state index contributed by atoms with van der Waals surface area (Å²) in [5.41, 5.74) is 0.510. The van der Waals surface area contributed by atoms with Gasteiger partial charge in [0.15, 0.2) is 5.82 Å². The maximum absolute atomic E-state index is 10.9. The van der Waals surface area contributed by atoms with Crippen molar-refractivity contribution in [3.8, 4) is 5.69 Å². The van der Waals surface area contributed by atoms with E-state index < -0.39 is 11.9 Å². The Kier molecular flexibility index (Phi) is 3.33. The molecular weight excluding hydrogens is 252 g/mol. The average molecular weight is 260 g/mol. The Balaban J connectivity index is 2.42. The molecule has 2 aromatic rings. The number of hydrogen-bond donors (Lipinski definition) is 2. The zero-order valence-corrected chi connectivity index (χ0v) is 9.46. The predicted molar refractivity (Wildman–Crippen MR) is 62.8 cm³/mol. The smallest absolute Gasteiger partial charge is 0.335 e. The van der Waals surface area contributed by atoms with Crippen LogP contribution in [0.2, 0.25) is 0 Å². The van der Waals surface area contributed by atoms with E-state index in [9.17, 15) is 9.59 Å². The fraction of sp³-hybridized carbons (Fsp3) is 0. The number of carboxylic acid groups (broad SMARTS) is 2. The lowest BCUT2D eigenvalue weighted by Crippen LogP contribution is -2.03. The molecule has 0 spiro atoms. The Hall–Kier alpha value is -3.03. The molecule has 8 heteroatoms. The Labute approximate surface area is 106 Å². The van der Waals surface area contributed by atoms with Crippen LogP contribution in [0, 0.1) is 0 Å². The Morgan fingerprint density at radius 2 is 2.05 bits per heavy atom. The highest BCUT2D eigenvalue weighted by Gasteiger charge is 2.09. The molecule has 0 aliphatic carbocycles. The number of tetrazole rings is 1. The molecule has 0 amide bonds. The lowest BCUT2D eigenvalue weighted by molar-refractivity contribution is -0.131. The lowest BCUT2D eigenvalue weighted by atomic mass is 10.2. The van der Waals surface area contributed by atoms with Gasteiger partial charge in [-0.1, -0.05) is 6.07 Å². The molecular formula is C11H8N4O4. The Morgan fingerprint density at radius 3 is 2.74 bits per heavy atom. The molecule has 0 bridgehead atoms. The summed E-state index contributed by atoms with van der Waals surface area (Å²) in [6, 6.07) is 5.98. The van der Waals surface area contributed by atoms with Crippen LogP contribution in [-0.2, 0) is 4.79 Å². The van der Waals surface area contributed by atoms with Gasteiger partial charge in [0.1, 0.15) is 0 Å². The molecule has 0 saturated heterocycles. The first-order valence-corrected chi connectivity index (χ1v) is 5.11. The SMILES string of the molecule is O=C(O)/C=C/c1nnnn1-c1cccc(C(=O)O)c1. The van der Waals surface area contributed by atoms with Crippen molar-refractivity contribution in [3.05, 3.63) is 41.7 Å². The van der Waals surface area contributed by atoms with Gasteiger partial charge in [-0.15, -0.1) is 5.10 Å². The van der Waals surface area contributed by atoms with Gasteiger partial charge in [-0.05, 0) is 34.7 Å². The summed E-state index contributed by atoms with van der Waals surface area (Å²) >= 11 is 0. The van der Waals surface area contributed by atoms with E-state index >= 15 is 0 Å². The molecule has 2 N–H and O–H groups in total. The van der Waals surface area contributed by atoms with Crippen LogP contribution in [0.5, 0.6) is 0 Å². The number of benzene rings is 1. The van der Waals surface area contributed by atoms with E-state index in [1.54, 1.807) is 12.1 Å². The van der Waals surface area contributed by atoms with Gasteiger partial charge in [0.05, 0.1) is 11.3 Å². The molecule has 0 fully saturated rings. The molecule has 19 heavy (non-hydrogen) atoms. The summed E-state index contributed by atoms with van der Waals surface area (Å²) in [4.78, 5) is 21.3. The number of carbonyl (C=O) groups is 2. The summed E-state index contributed by atoms with van der Waals surface area (Å²) in [5, 5.41) is 28.2. The second-order valence-corrected chi connectivity index (χ2v) is 3.48. The van der Waals surface area contributed by atoms with E-state index in [2.05, 4.69) is 15.5 Å². The third kappa shape index (κ3) is 2.80. The number of carboxylic acids is 2. The molecule has 1 aromatic heterocycles. The maximum Gasteiger partial charge on any atom is 0.335 e. The van der Waals surface area contributed by atoms with Crippen LogP contribution in [0.15, 0.2) is 30.3 Å². The predicted octanol–water partition coefficient (Wildman–Crippen LogP) is 0.458. The molecule has 0 unspecified atom stereocenters. The largest absolute Gasteiger partial charge is 0.478 e. The number of aromatic carboxylic acids is 1. The van der Waals surface area contributed by atoms with Crippen LogP contribution in [0.25, 0.3) is 11.8 Å². The van der Waals surface area contributed by atoms with Crippen molar-refractivity contribution in [1.29, 1.82) is 0 Å². The topological polar surface area (TPSA) is 118 Å². The van der Waals surface area contributed by atoms with Crippen LogP contribution >= 0.6 is 0 Å². The van der Waals surface area contributed by atoms with Crippen molar-refractivity contribution < 1.29 is 19.8 Å². The summed E-state index contributed by atoms with van der Waals surface area (Å²) in [7, 11) is 0. The first-order chi connectivity index (χ1) is 9.08. The second kappa shape index (κ2) is 5.08. The number of nitrogens with zero attached hydrogens (tertiary/aromatic N) is 4.